The topological polar surface area (TPSA) is 59.5 Å². The molecule has 0 aliphatic carbocycles. The molecule has 1 saturated heterocycles. The Morgan fingerprint density at radius 2 is 2.14 bits per heavy atom. The normalized spacial score (nSPS) is 19.5. The smallest absolute Gasteiger partial charge is 0.410 e. The first-order chi connectivity index (χ1) is 9.76. The third-order valence-electron chi connectivity index (χ3n) is 3.39. The van der Waals surface area contributed by atoms with Gasteiger partial charge in [-0.15, -0.1) is 0 Å². The first-order valence-electron chi connectivity index (χ1n) is 7.19. The van der Waals surface area contributed by atoms with E-state index in [4.69, 9.17) is 4.74 Å². The quantitative estimate of drug-likeness (QED) is 0.798. The molecule has 1 aliphatic heterocycles. The van der Waals surface area contributed by atoms with E-state index in [2.05, 4.69) is 4.98 Å². The number of rotatable bonds is 1. The third-order valence-corrected chi connectivity index (χ3v) is 3.39. The van der Waals surface area contributed by atoms with Crippen molar-refractivity contribution >= 4 is 11.9 Å². The van der Waals surface area contributed by atoms with Gasteiger partial charge in [-0.2, -0.15) is 0 Å². The molecule has 1 fully saturated rings. The zero-order valence-corrected chi connectivity index (χ0v) is 13.0. The third kappa shape index (κ3) is 4.03. The van der Waals surface area contributed by atoms with Gasteiger partial charge in [-0.3, -0.25) is 9.78 Å². The Bertz CT molecular complexity index is 549. The first kappa shape index (κ1) is 15.5. The summed E-state index contributed by atoms with van der Waals surface area (Å²) in [6, 6.07) is 3.75. The molecule has 1 amide bonds. The van der Waals surface area contributed by atoms with Crippen LogP contribution in [0.4, 0.5) is 4.79 Å². The predicted octanol–water partition coefficient (Wildman–Crippen LogP) is 2.68. The minimum atomic E-state index is -0.526. The van der Waals surface area contributed by atoms with Crippen LogP contribution in [0.25, 0.3) is 0 Å². The Hall–Kier alpha value is -1.91. The molecule has 0 saturated carbocycles. The molecule has 0 radical (unpaired) electrons. The van der Waals surface area contributed by atoms with Crippen molar-refractivity contribution in [2.24, 2.45) is 0 Å². The maximum Gasteiger partial charge on any atom is 0.410 e. The zero-order valence-electron chi connectivity index (χ0n) is 13.0. The van der Waals surface area contributed by atoms with Gasteiger partial charge < -0.3 is 9.64 Å². The summed E-state index contributed by atoms with van der Waals surface area (Å²) in [5.41, 5.74) is 1.26. The van der Waals surface area contributed by atoms with Gasteiger partial charge in [0.05, 0.1) is 5.92 Å². The SMILES string of the molecule is Cc1cc(C2CN(C(=O)OC(C)(C)C)CCC2=O)ccn1. The lowest BCUT2D eigenvalue weighted by atomic mass is 9.90. The molecule has 21 heavy (non-hydrogen) atoms. The van der Waals surface area contributed by atoms with E-state index < -0.39 is 5.60 Å². The summed E-state index contributed by atoms with van der Waals surface area (Å²) in [5, 5.41) is 0. The van der Waals surface area contributed by atoms with Crippen LogP contribution in [0.5, 0.6) is 0 Å². The Balaban J connectivity index is 2.13. The van der Waals surface area contributed by atoms with Crippen molar-refractivity contribution < 1.29 is 14.3 Å². The van der Waals surface area contributed by atoms with Crippen LogP contribution in [0.1, 0.15) is 44.4 Å². The van der Waals surface area contributed by atoms with Gasteiger partial charge in [0.1, 0.15) is 11.4 Å². The molecular formula is C16H22N2O3. The molecule has 2 rings (SSSR count). The highest BCUT2D eigenvalue weighted by atomic mass is 16.6. The molecule has 0 bridgehead atoms. The average molecular weight is 290 g/mol. The number of aryl methyl sites for hydroxylation is 1. The molecule has 114 valence electrons. The highest BCUT2D eigenvalue weighted by Gasteiger charge is 2.33. The number of aromatic nitrogens is 1. The average Bonchev–Trinajstić information content (AvgIpc) is 2.37. The van der Waals surface area contributed by atoms with Crippen LogP contribution in [-0.4, -0.2) is 40.5 Å². The summed E-state index contributed by atoms with van der Waals surface area (Å²) in [6.45, 7) is 8.20. The lowest BCUT2D eigenvalue weighted by Crippen LogP contribution is -2.45. The van der Waals surface area contributed by atoms with Crippen molar-refractivity contribution in [1.29, 1.82) is 0 Å². The van der Waals surface area contributed by atoms with E-state index in [1.165, 1.54) is 0 Å². The first-order valence-corrected chi connectivity index (χ1v) is 7.19. The highest BCUT2D eigenvalue weighted by molar-refractivity contribution is 5.88. The van der Waals surface area contributed by atoms with Crippen molar-refractivity contribution in [2.45, 2.75) is 45.6 Å². The summed E-state index contributed by atoms with van der Waals surface area (Å²) in [5.74, 6) is -0.117. The van der Waals surface area contributed by atoms with Gasteiger partial charge in [0.15, 0.2) is 0 Å². The number of hydrogen-bond acceptors (Lipinski definition) is 4. The molecule has 1 atom stereocenters. The van der Waals surface area contributed by atoms with Gasteiger partial charge in [-0.05, 0) is 45.4 Å². The summed E-state index contributed by atoms with van der Waals surface area (Å²) >= 11 is 0. The van der Waals surface area contributed by atoms with Crippen molar-refractivity contribution in [1.82, 2.24) is 9.88 Å². The molecule has 5 heteroatoms. The second kappa shape index (κ2) is 5.84. The molecule has 0 N–H and O–H groups in total. The molecule has 2 heterocycles. The van der Waals surface area contributed by atoms with Crippen molar-refractivity contribution in [2.75, 3.05) is 13.1 Å². The molecule has 1 unspecified atom stereocenters. The fourth-order valence-electron chi connectivity index (χ4n) is 2.40. The molecule has 1 aliphatic rings. The molecule has 0 aromatic carbocycles. The number of ketones is 1. The van der Waals surface area contributed by atoms with Crippen molar-refractivity contribution in [3.05, 3.63) is 29.6 Å². The number of pyridine rings is 1. The summed E-state index contributed by atoms with van der Waals surface area (Å²) < 4.78 is 5.38. The second-order valence-electron chi connectivity index (χ2n) is 6.43. The van der Waals surface area contributed by atoms with Gasteiger partial charge in [0.25, 0.3) is 0 Å². The summed E-state index contributed by atoms with van der Waals surface area (Å²) in [7, 11) is 0. The summed E-state index contributed by atoms with van der Waals surface area (Å²) in [6.07, 6.45) is 1.71. The van der Waals surface area contributed by atoms with E-state index in [-0.39, 0.29) is 17.8 Å². The van der Waals surface area contributed by atoms with Crippen molar-refractivity contribution in [3.8, 4) is 0 Å². The zero-order chi connectivity index (χ0) is 15.6. The van der Waals surface area contributed by atoms with E-state index in [9.17, 15) is 9.59 Å². The van der Waals surface area contributed by atoms with E-state index in [1.54, 1.807) is 11.1 Å². The predicted molar refractivity (Wildman–Crippen MR) is 79.1 cm³/mol. The van der Waals surface area contributed by atoms with Gasteiger partial charge in [-0.25, -0.2) is 4.79 Å². The Morgan fingerprint density at radius 1 is 1.43 bits per heavy atom. The second-order valence-corrected chi connectivity index (χ2v) is 6.43. The van der Waals surface area contributed by atoms with Crippen LogP contribution in [-0.2, 0) is 9.53 Å². The van der Waals surface area contributed by atoms with E-state index >= 15 is 0 Å². The summed E-state index contributed by atoms with van der Waals surface area (Å²) in [4.78, 5) is 30.1. The van der Waals surface area contributed by atoms with E-state index in [1.807, 2.05) is 39.8 Å². The number of amides is 1. The Morgan fingerprint density at radius 3 is 2.76 bits per heavy atom. The fraction of sp³-hybridized carbons (Fsp3) is 0.562. The molecule has 1 aromatic heterocycles. The van der Waals surface area contributed by atoms with Crippen molar-refractivity contribution in [3.63, 3.8) is 0 Å². The van der Waals surface area contributed by atoms with Crippen LogP contribution in [0.3, 0.4) is 0 Å². The highest BCUT2D eigenvalue weighted by Crippen LogP contribution is 2.25. The molecular weight excluding hydrogens is 268 g/mol. The number of carbonyl (C=O) groups excluding carboxylic acids is 2. The maximum atomic E-state index is 12.2. The van der Waals surface area contributed by atoms with Gasteiger partial charge in [0.2, 0.25) is 0 Å². The number of piperidine rings is 1. The van der Waals surface area contributed by atoms with Crippen LogP contribution < -0.4 is 0 Å². The van der Waals surface area contributed by atoms with E-state index in [0.29, 0.717) is 19.5 Å². The monoisotopic (exact) mass is 290 g/mol. The molecule has 1 aromatic rings. The number of hydrogen-bond donors (Lipinski definition) is 0. The largest absolute Gasteiger partial charge is 0.444 e. The number of carbonyl (C=O) groups is 2. The lowest BCUT2D eigenvalue weighted by Gasteiger charge is -2.33. The molecule has 5 nitrogen and oxygen atoms in total. The standard InChI is InChI=1S/C16H22N2O3/c1-11-9-12(5-7-17-11)13-10-18(8-6-14(13)19)15(20)21-16(2,3)4/h5,7,9,13H,6,8,10H2,1-4H3. The van der Waals surface area contributed by atoms with Crippen LogP contribution in [0.2, 0.25) is 0 Å². The molecule has 0 spiro atoms. The Labute approximate surface area is 125 Å². The fourth-order valence-corrected chi connectivity index (χ4v) is 2.40. The van der Waals surface area contributed by atoms with Crippen LogP contribution in [0.15, 0.2) is 18.3 Å². The Kier molecular flexibility index (Phi) is 4.30. The van der Waals surface area contributed by atoms with Crippen LogP contribution in [0, 0.1) is 6.92 Å². The number of nitrogens with zero attached hydrogens (tertiary/aromatic N) is 2. The lowest BCUT2D eigenvalue weighted by molar-refractivity contribution is -0.123. The number of likely N-dealkylation sites (tertiary alicyclic amines) is 1. The minimum absolute atomic E-state index is 0.167. The van der Waals surface area contributed by atoms with Gasteiger partial charge >= 0.3 is 6.09 Å². The van der Waals surface area contributed by atoms with Gasteiger partial charge in [0, 0.05) is 31.4 Å². The van der Waals surface area contributed by atoms with E-state index in [0.717, 1.165) is 11.3 Å². The number of ether oxygens (including phenoxy) is 1. The van der Waals surface area contributed by atoms with Gasteiger partial charge in [-0.1, -0.05) is 0 Å². The minimum Gasteiger partial charge on any atom is -0.444 e. The number of Topliss-reactive ketones (excluding diaryl/α,β-unsaturated/α-hetero) is 1. The van der Waals surface area contributed by atoms with Crippen LogP contribution >= 0.6 is 0 Å². The maximum absolute atomic E-state index is 12.2.